The minimum atomic E-state index is -3.11. The maximum Gasteiger partial charge on any atom is 0.149 e. The number of rotatable bonds is 6. The van der Waals surface area contributed by atoms with Gasteiger partial charge in [-0.1, -0.05) is 19.9 Å². The van der Waals surface area contributed by atoms with Gasteiger partial charge in [0.05, 0.1) is 58.4 Å². The van der Waals surface area contributed by atoms with Crippen LogP contribution >= 0.6 is 0 Å². The van der Waals surface area contributed by atoms with Crippen LogP contribution < -0.4 is 0 Å². The van der Waals surface area contributed by atoms with Crippen molar-refractivity contribution in [1.29, 1.82) is 0 Å². The van der Waals surface area contributed by atoms with Crippen LogP contribution in [0.2, 0.25) is 0 Å². The molecule has 0 amide bonds. The summed E-state index contributed by atoms with van der Waals surface area (Å²) in [6, 6.07) is 5.54. The van der Waals surface area contributed by atoms with Gasteiger partial charge in [0.2, 0.25) is 0 Å². The normalized spacial score (nSPS) is 21.6. The monoisotopic (exact) mass is 536 g/mol. The lowest BCUT2D eigenvalue weighted by atomic mass is 9.66. The van der Waals surface area contributed by atoms with Crippen molar-refractivity contribution in [2.24, 2.45) is 5.41 Å². The molecule has 8 nitrogen and oxygen atoms in total. The van der Waals surface area contributed by atoms with Crippen molar-refractivity contribution in [3.05, 3.63) is 77.6 Å². The lowest BCUT2D eigenvalue weighted by Gasteiger charge is -2.37. The molecule has 0 spiro atoms. The average molecular weight is 537 g/mol. The molecule has 0 radical (unpaired) electrons. The molecule has 1 saturated carbocycles. The molecule has 2 bridgehead atoms. The van der Waals surface area contributed by atoms with Gasteiger partial charge in [-0.2, -0.15) is 10.2 Å². The van der Waals surface area contributed by atoms with Gasteiger partial charge in [-0.15, -0.1) is 5.10 Å². The van der Waals surface area contributed by atoms with Crippen LogP contribution in [-0.4, -0.2) is 50.4 Å². The zero-order chi connectivity index (χ0) is 26.9. The second-order valence-electron chi connectivity index (χ2n) is 10.8. The zero-order valence-electron chi connectivity index (χ0n) is 21.2. The average Bonchev–Trinajstić information content (AvgIpc) is 3.50. The third-order valence-electron chi connectivity index (χ3n) is 8.29. The van der Waals surface area contributed by atoms with Gasteiger partial charge in [0.1, 0.15) is 21.5 Å². The van der Waals surface area contributed by atoms with Gasteiger partial charge >= 0.3 is 0 Å². The number of nitrogens with zero attached hydrogens (tertiary/aromatic N) is 6. The first-order valence-electron chi connectivity index (χ1n) is 12.4. The van der Waals surface area contributed by atoms with E-state index in [2.05, 4.69) is 34.1 Å². The highest BCUT2D eigenvalue weighted by atomic mass is 32.2. The van der Waals surface area contributed by atoms with Crippen molar-refractivity contribution in [1.82, 2.24) is 29.9 Å². The van der Waals surface area contributed by atoms with Crippen molar-refractivity contribution >= 4 is 9.84 Å². The van der Waals surface area contributed by atoms with Crippen LogP contribution in [0.25, 0.3) is 22.5 Å². The highest BCUT2D eigenvalue weighted by molar-refractivity contribution is 7.90. The van der Waals surface area contributed by atoms with Crippen LogP contribution in [0.4, 0.5) is 8.78 Å². The lowest BCUT2D eigenvalue weighted by molar-refractivity contribution is 0.242. The Labute approximate surface area is 219 Å². The summed E-state index contributed by atoms with van der Waals surface area (Å²) in [5.74, 6) is -1.24. The summed E-state index contributed by atoms with van der Waals surface area (Å²) in [5.41, 5.74) is 2.96. The Balaban J connectivity index is 1.41. The van der Waals surface area contributed by atoms with E-state index in [1.54, 1.807) is 35.5 Å². The van der Waals surface area contributed by atoms with Gasteiger partial charge in [-0.3, -0.25) is 9.67 Å². The maximum atomic E-state index is 14.5. The van der Waals surface area contributed by atoms with E-state index in [4.69, 9.17) is 4.98 Å². The zero-order valence-corrected chi connectivity index (χ0v) is 22.0. The van der Waals surface area contributed by atoms with Crippen molar-refractivity contribution in [2.45, 2.75) is 44.6 Å². The third-order valence-corrected chi connectivity index (χ3v) is 9.22. The van der Waals surface area contributed by atoms with E-state index < -0.39 is 26.9 Å². The Morgan fingerprint density at radius 1 is 1.08 bits per heavy atom. The number of hydrogen-bond acceptors (Lipinski definition) is 7. The quantitative estimate of drug-likeness (QED) is 0.361. The second kappa shape index (κ2) is 8.45. The number of aryl methyl sites for hydroxylation is 1. The standard InChI is InChI=1S/C27H26F2N6O2S/c1-26(2)18-7-8-27(26,25-17(18)11-21(33-34-25)24-19(28)5-4-6-20(24)29)23-14-30-13-22(32-23)16-12-31-35(15-16)9-10-38(3,36)37/h4-6,11-15,18H,7-10H2,1-3H3/t18-,27+/m0/s1. The fraction of sp³-hybridized carbons (Fsp3) is 0.370. The highest BCUT2D eigenvalue weighted by Gasteiger charge is 2.65. The van der Waals surface area contributed by atoms with E-state index in [0.29, 0.717) is 5.69 Å². The number of benzene rings is 1. The first kappa shape index (κ1) is 24.7. The molecule has 11 heteroatoms. The van der Waals surface area contributed by atoms with Crippen LogP contribution in [0.5, 0.6) is 0 Å². The predicted molar refractivity (Wildman–Crippen MR) is 137 cm³/mol. The lowest BCUT2D eigenvalue weighted by Crippen LogP contribution is -2.38. The number of fused-ring (bicyclic) bond motifs is 5. The molecular formula is C27H26F2N6O2S. The Morgan fingerprint density at radius 3 is 2.58 bits per heavy atom. The minimum absolute atomic E-state index is 0.00719. The second-order valence-corrected chi connectivity index (χ2v) is 13.0. The molecule has 3 heterocycles. The predicted octanol–water partition coefficient (Wildman–Crippen LogP) is 4.32. The summed E-state index contributed by atoms with van der Waals surface area (Å²) in [7, 11) is -3.11. The molecular weight excluding hydrogens is 510 g/mol. The molecule has 0 unspecified atom stereocenters. The SMILES string of the molecule is CC1(C)[C@H]2CC[C@@]1(c1cncc(-c3cnn(CCS(C)(=O)=O)c3)n1)c1nnc(-c3c(F)cccc3F)cc12. The Kier molecular flexibility index (Phi) is 5.50. The van der Waals surface area contributed by atoms with E-state index in [1.807, 2.05) is 0 Å². The highest BCUT2D eigenvalue weighted by Crippen LogP contribution is 2.69. The molecule has 1 fully saturated rings. The smallest absolute Gasteiger partial charge is 0.149 e. The van der Waals surface area contributed by atoms with Crippen molar-refractivity contribution in [2.75, 3.05) is 12.0 Å². The van der Waals surface area contributed by atoms with E-state index in [9.17, 15) is 17.2 Å². The summed E-state index contributed by atoms with van der Waals surface area (Å²) in [6.45, 7) is 4.60. The van der Waals surface area contributed by atoms with E-state index in [-0.39, 0.29) is 34.9 Å². The number of hydrogen-bond donors (Lipinski definition) is 0. The number of sulfone groups is 1. The first-order valence-corrected chi connectivity index (χ1v) is 14.4. The molecule has 2 aliphatic rings. The van der Waals surface area contributed by atoms with Gasteiger partial charge in [0.25, 0.3) is 0 Å². The summed E-state index contributed by atoms with van der Waals surface area (Å²) in [5, 5.41) is 13.1. The fourth-order valence-electron chi connectivity index (χ4n) is 6.34. The largest absolute Gasteiger partial charge is 0.271 e. The van der Waals surface area contributed by atoms with E-state index >= 15 is 0 Å². The number of halogens is 2. The molecule has 0 N–H and O–H groups in total. The fourth-order valence-corrected chi connectivity index (χ4v) is 6.86. The molecule has 6 rings (SSSR count). The van der Waals surface area contributed by atoms with Crippen LogP contribution in [0.15, 0.2) is 49.1 Å². The Bertz CT molecular complexity index is 1670. The molecule has 0 aliphatic heterocycles. The van der Waals surface area contributed by atoms with Crippen LogP contribution in [0, 0.1) is 17.0 Å². The van der Waals surface area contributed by atoms with Crippen molar-refractivity contribution in [3.63, 3.8) is 0 Å². The molecule has 196 valence electrons. The van der Waals surface area contributed by atoms with Crippen LogP contribution in [0.1, 0.15) is 49.6 Å². The molecule has 2 atom stereocenters. The topological polar surface area (TPSA) is 104 Å². The van der Waals surface area contributed by atoms with Gasteiger partial charge in [0, 0.05) is 24.2 Å². The van der Waals surface area contributed by atoms with E-state index in [0.717, 1.165) is 35.4 Å². The molecule has 4 aromatic rings. The van der Waals surface area contributed by atoms with Crippen molar-refractivity contribution in [3.8, 4) is 22.5 Å². The van der Waals surface area contributed by atoms with Crippen LogP contribution in [-0.2, 0) is 21.8 Å². The molecule has 1 aromatic carbocycles. The van der Waals surface area contributed by atoms with Gasteiger partial charge in [-0.05, 0) is 47.9 Å². The maximum absolute atomic E-state index is 14.5. The summed E-state index contributed by atoms with van der Waals surface area (Å²) >= 11 is 0. The summed E-state index contributed by atoms with van der Waals surface area (Å²) < 4.78 is 53.7. The Hall–Kier alpha value is -3.60. The summed E-state index contributed by atoms with van der Waals surface area (Å²) in [4.78, 5) is 9.49. The third kappa shape index (κ3) is 3.66. The van der Waals surface area contributed by atoms with Crippen molar-refractivity contribution < 1.29 is 17.2 Å². The molecule has 3 aromatic heterocycles. The number of aromatic nitrogens is 6. The van der Waals surface area contributed by atoms with Gasteiger partial charge < -0.3 is 0 Å². The van der Waals surface area contributed by atoms with Gasteiger partial charge in [-0.25, -0.2) is 22.2 Å². The molecule has 2 aliphatic carbocycles. The Morgan fingerprint density at radius 2 is 1.84 bits per heavy atom. The van der Waals surface area contributed by atoms with Crippen LogP contribution in [0.3, 0.4) is 0 Å². The van der Waals surface area contributed by atoms with Gasteiger partial charge in [0.15, 0.2) is 0 Å². The summed E-state index contributed by atoms with van der Waals surface area (Å²) in [6.07, 6.45) is 9.68. The first-order chi connectivity index (χ1) is 18.0. The molecule has 0 saturated heterocycles. The molecule has 38 heavy (non-hydrogen) atoms. The minimum Gasteiger partial charge on any atom is -0.271 e. The van der Waals surface area contributed by atoms with E-state index in [1.165, 1.54) is 24.5 Å².